The molecular weight excluding hydrogens is 379 g/mol. The largest absolute Gasteiger partial charge is 0.443 e. The third-order valence-corrected chi connectivity index (χ3v) is 4.71. The summed E-state index contributed by atoms with van der Waals surface area (Å²) in [6, 6.07) is 4.33. The number of urea groups is 1. The highest BCUT2D eigenvalue weighted by Gasteiger charge is 2.37. The number of benzene rings is 1. The Morgan fingerprint density at radius 1 is 1.31 bits per heavy atom. The van der Waals surface area contributed by atoms with Gasteiger partial charge in [0.2, 0.25) is 0 Å². The SMILES string of the molecule is C#CCN1CC(=O)N(COC(=O)C(c2ccc(Cl)c(Cl)c2)C(C)C)C1=O. The molecule has 1 aromatic carbocycles. The van der Waals surface area contributed by atoms with Crippen LogP contribution in [0.25, 0.3) is 0 Å². The average molecular weight is 397 g/mol. The van der Waals surface area contributed by atoms with Crippen molar-refractivity contribution in [1.82, 2.24) is 9.80 Å². The molecular formula is C18H18Cl2N2O4. The topological polar surface area (TPSA) is 66.9 Å². The zero-order chi connectivity index (χ0) is 19.4. The van der Waals surface area contributed by atoms with Gasteiger partial charge in [-0.3, -0.25) is 9.59 Å². The van der Waals surface area contributed by atoms with Crippen molar-refractivity contribution in [2.24, 2.45) is 5.92 Å². The normalized spacial score (nSPS) is 15.4. The number of carbonyl (C=O) groups excluding carboxylic acids is 3. The van der Waals surface area contributed by atoms with Crippen molar-refractivity contribution >= 4 is 41.1 Å². The van der Waals surface area contributed by atoms with Crippen LogP contribution in [0.15, 0.2) is 18.2 Å². The van der Waals surface area contributed by atoms with E-state index in [1.165, 1.54) is 4.90 Å². The highest BCUT2D eigenvalue weighted by Crippen LogP contribution is 2.31. The summed E-state index contributed by atoms with van der Waals surface area (Å²) in [5, 5.41) is 0.714. The molecule has 6 nitrogen and oxygen atoms in total. The predicted molar refractivity (Wildman–Crippen MR) is 97.6 cm³/mol. The lowest BCUT2D eigenvalue weighted by atomic mass is 9.88. The standard InChI is InChI=1S/C18H18Cl2N2O4/c1-4-7-21-9-15(23)22(18(21)25)10-26-17(24)16(11(2)3)12-5-6-13(19)14(20)8-12/h1,5-6,8,11,16H,7,9-10H2,2-3H3. The zero-order valence-electron chi connectivity index (χ0n) is 14.4. The van der Waals surface area contributed by atoms with Gasteiger partial charge in [-0.15, -0.1) is 6.42 Å². The van der Waals surface area contributed by atoms with E-state index in [9.17, 15) is 14.4 Å². The van der Waals surface area contributed by atoms with E-state index in [2.05, 4.69) is 5.92 Å². The number of terminal acetylenes is 1. The summed E-state index contributed by atoms with van der Waals surface area (Å²) in [6.07, 6.45) is 5.16. The molecule has 1 heterocycles. The Kier molecular flexibility index (Phi) is 6.52. The molecule has 3 amide bonds. The highest BCUT2D eigenvalue weighted by atomic mass is 35.5. The minimum absolute atomic E-state index is 0.0207. The molecule has 0 saturated carbocycles. The molecule has 0 aliphatic carbocycles. The Balaban J connectivity index is 2.09. The zero-order valence-corrected chi connectivity index (χ0v) is 15.9. The molecule has 2 rings (SSSR count). The number of imide groups is 1. The number of amides is 3. The number of rotatable bonds is 6. The fraction of sp³-hybridized carbons (Fsp3) is 0.389. The van der Waals surface area contributed by atoms with Crippen molar-refractivity contribution < 1.29 is 19.1 Å². The van der Waals surface area contributed by atoms with Crippen molar-refractivity contribution in [3.63, 3.8) is 0 Å². The van der Waals surface area contributed by atoms with Crippen molar-refractivity contribution in [1.29, 1.82) is 0 Å². The van der Waals surface area contributed by atoms with E-state index in [1.54, 1.807) is 18.2 Å². The molecule has 8 heteroatoms. The van der Waals surface area contributed by atoms with Crippen LogP contribution < -0.4 is 0 Å². The van der Waals surface area contributed by atoms with Gasteiger partial charge >= 0.3 is 12.0 Å². The van der Waals surface area contributed by atoms with Gasteiger partial charge in [0.05, 0.1) is 22.5 Å². The van der Waals surface area contributed by atoms with E-state index in [0.29, 0.717) is 15.6 Å². The van der Waals surface area contributed by atoms with Crippen LogP contribution in [0, 0.1) is 18.3 Å². The van der Waals surface area contributed by atoms with Crippen molar-refractivity contribution in [2.75, 3.05) is 19.8 Å². The van der Waals surface area contributed by atoms with Gasteiger partial charge in [-0.25, -0.2) is 9.69 Å². The molecule has 1 saturated heterocycles. The molecule has 0 spiro atoms. The van der Waals surface area contributed by atoms with E-state index >= 15 is 0 Å². The van der Waals surface area contributed by atoms with Gasteiger partial charge in [0.1, 0.15) is 6.54 Å². The molecule has 1 unspecified atom stereocenters. The van der Waals surface area contributed by atoms with Crippen molar-refractivity contribution in [3.8, 4) is 12.3 Å². The Morgan fingerprint density at radius 3 is 2.58 bits per heavy atom. The van der Waals surface area contributed by atoms with Gasteiger partial charge in [0.25, 0.3) is 5.91 Å². The fourth-order valence-electron chi connectivity index (χ4n) is 2.67. The Hall–Kier alpha value is -2.23. The lowest BCUT2D eigenvalue weighted by Gasteiger charge is -2.22. The van der Waals surface area contributed by atoms with Crippen LogP contribution in [0.5, 0.6) is 0 Å². The predicted octanol–water partition coefficient (Wildman–Crippen LogP) is 3.13. The Morgan fingerprint density at radius 2 is 2.00 bits per heavy atom. The third kappa shape index (κ3) is 4.29. The maximum Gasteiger partial charge on any atom is 0.330 e. The number of carbonyl (C=O) groups is 3. The third-order valence-electron chi connectivity index (χ3n) is 3.97. The van der Waals surface area contributed by atoms with Gasteiger partial charge in [-0.2, -0.15) is 0 Å². The molecule has 0 bridgehead atoms. The number of nitrogens with zero attached hydrogens (tertiary/aromatic N) is 2. The van der Waals surface area contributed by atoms with Crippen LogP contribution in [-0.4, -0.2) is 47.5 Å². The molecule has 138 valence electrons. The van der Waals surface area contributed by atoms with Gasteiger partial charge in [0.15, 0.2) is 6.73 Å². The minimum atomic E-state index is -0.612. The van der Waals surface area contributed by atoms with Crippen LogP contribution >= 0.6 is 23.2 Å². The quantitative estimate of drug-likeness (QED) is 0.420. The molecule has 1 aliphatic heterocycles. The molecule has 0 aromatic heterocycles. The van der Waals surface area contributed by atoms with Crippen molar-refractivity contribution in [3.05, 3.63) is 33.8 Å². The lowest BCUT2D eigenvalue weighted by molar-refractivity contribution is -0.151. The van der Waals surface area contributed by atoms with Gasteiger partial charge in [-0.05, 0) is 23.6 Å². The van der Waals surface area contributed by atoms with E-state index in [4.69, 9.17) is 34.4 Å². The number of esters is 1. The fourth-order valence-corrected chi connectivity index (χ4v) is 2.98. The van der Waals surface area contributed by atoms with Gasteiger partial charge < -0.3 is 9.64 Å². The van der Waals surface area contributed by atoms with Crippen LogP contribution in [0.3, 0.4) is 0 Å². The first-order valence-corrected chi connectivity index (χ1v) is 8.66. The van der Waals surface area contributed by atoms with E-state index in [0.717, 1.165) is 4.90 Å². The second kappa shape index (κ2) is 8.43. The summed E-state index contributed by atoms with van der Waals surface area (Å²) in [6.45, 7) is 3.15. The molecule has 0 N–H and O–H groups in total. The molecule has 1 aromatic rings. The monoisotopic (exact) mass is 396 g/mol. The number of hydrogen-bond acceptors (Lipinski definition) is 4. The summed E-state index contributed by atoms with van der Waals surface area (Å²) in [5.74, 6) is 0.574. The van der Waals surface area contributed by atoms with Crippen LogP contribution in [0.2, 0.25) is 10.0 Å². The summed E-state index contributed by atoms with van der Waals surface area (Å²) in [4.78, 5) is 38.6. The minimum Gasteiger partial charge on any atom is -0.443 e. The van der Waals surface area contributed by atoms with Crippen LogP contribution in [-0.2, 0) is 14.3 Å². The maximum absolute atomic E-state index is 12.6. The van der Waals surface area contributed by atoms with Gasteiger partial charge in [0, 0.05) is 0 Å². The summed E-state index contributed by atoms with van der Waals surface area (Å²) >= 11 is 11.9. The Labute approximate surface area is 162 Å². The highest BCUT2D eigenvalue weighted by molar-refractivity contribution is 6.42. The lowest BCUT2D eigenvalue weighted by Crippen LogP contribution is -2.36. The second-order valence-electron chi connectivity index (χ2n) is 6.15. The maximum atomic E-state index is 12.6. The summed E-state index contributed by atoms with van der Waals surface area (Å²) in [5.41, 5.74) is 0.646. The number of hydrogen-bond donors (Lipinski definition) is 0. The molecule has 0 radical (unpaired) electrons. The summed E-state index contributed by atoms with van der Waals surface area (Å²) in [7, 11) is 0. The average Bonchev–Trinajstić information content (AvgIpc) is 2.83. The smallest absolute Gasteiger partial charge is 0.330 e. The molecule has 1 aliphatic rings. The van der Waals surface area contributed by atoms with Crippen LogP contribution in [0.1, 0.15) is 25.3 Å². The number of ether oxygens (including phenoxy) is 1. The number of halogens is 2. The first-order valence-electron chi connectivity index (χ1n) is 7.90. The second-order valence-corrected chi connectivity index (χ2v) is 6.97. The molecule has 1 fully saturated rings. The van der Waals surface area contributed by atoms with E-state index in [1.807, 2.05) is 13.8 Å². The first kappa shape index (κ1) is 20.1. The summed E-state index contributed by atoms with van der Waals surface area (Å²) < 4.78 is 5.23. The van der Waals surface area contributed by atoms with E-state index < -0.39 is 30.6 Å². The van der Waals surface area contributed by atoms with E-state index in [-0.39, 0.29) is 19.0 Å². The van der Waals surface area contributed by atoms with Crippen molar-refractivity contribution in [2.45, 2.75) is 19.8 Å². The van der Waals surface area contributed by atoms with Gasteiger partial charge in [-0.1, -0.05) is 49.0 Å². The first-order chi connectivity index (χ1) is 12.3. The van der Waals surface area contributed by atoms with Crippen LogP contribution in [0.4, 0.5) is 4.79 Å². The molecule has 26 heavy (non-hydrogen) atoms. The molecule has 1 atom stereocenters. The Bertz CT molecular complexity index is 773.